The molecular weight excluding hydrogens is 383 g/mol. The second-order valence-electron chi connectivity index (χ2n) is 6.38. The van der Waals surface area contributed by atoms with Crippen LogP contribution in [0, 0.1) is 6.92 Å². The molecule has 0 saturated heterocycles. The highest BCUT2D eigenvalue weighted by atomic mass is 19.4. The van der Waals surface area contributed by atoms with E-state index in [9.17, 15) is 22.8 Å². The van der Waals surface area contributed by atoms with Crippen molar-refractivity contribution in [1.82, 2.24) is 9.36 Å². The van der Waals surface area contributed by atoms with Gasteiger partial charge in [-0.25, -0.2) is 4.68 Å². The molecule has 0 radical (unpaired) electrons. The Morgan fingerprint density at radius 2 is 1.66 bits per heavy atom. The van der Waals surface area contributed by atoms with Crippen LogP contribution in [0.25, 0.3) is 11.8 Å². The third kappa shape index (κ3) is 4.31. The Labute approximate surface area is 164 Å². The lowest BCUT2D eigenvalue weighted by Gasteiger charge is -2.07. The van der Waals surface area contributed by atoms with Crippen molar-refractivity contribution >= 4 is 17.7 Å². The molecule has 29 heavy (non-hydrogen) atoms. The third-order valence-corrected chi connectivity index (χ3v) is 4.47. The van der Waals surface area contributed by atoms with Crippen molar-refractivity contribution in [3.8, 4) is 5.69 Å². The highest BCUT2D eigenvalue weighted by Crippen LogP contribution is 2.29. The summed E-state index contributed by atoms with van der Waals surface area (Å²) in [7, 11) is 1.71. The summed E-state index contributed by atoms with van der Waals surface area (Å²) in [5.74, 6) is -0.559. The van der Waals surface area contributed by atoms with Crippen LogP contribution >= 0.6 is 0 Å². The van der Waals surface area contributed by atoms with E-state index >= 15 is 0 Å². The molecule has 0 bridgehead atoms. The zero-order valence-corrected chi connectivity index (χ0v) is 15.7. The minimum absolute atomic E-state index is 0.137. The highest BCUT2D eigenvalue weighted by Gasteiger charge is 2.29. The average molecular weight is 401 g/mol. The molecule has 0 atom stereocenters. The number of carbonyl (C=O) groups is 1. The molecule has 0 spiro atoms. The largest absolute Gasteiger partial charge is 0.416 e. The third-order valence-electron chi connectivity index (χ3n) is 4.47. The summed E-state index contributed by atoms with van der Waals surface area (Å²) in [4.78, 5) is 25.0. The quantitative estimate of drug-likeness (QED) is 0.668. The number of carbonyl (C=O) groups excluding carboxylic acids is 1. The molecule has 0 aliphatic carbocycles. The van der Waals surface area contributed by atoms with Gasteiger partial charge >= 0.3 is 6.18 Å². The van der Waals surface area contributed by atoms with Crippen LogP contribution in [0.1, 0.15) is 16.8 Å². The van der Waals surface area contributed by atoms with Crippen molar-refractivity contribution in [2.24, 2.45) is 7.05 Å². The number of nitrogens with zero attached hydrogens (tertiary/aromatic N) is 2. The van der Waals surface area contributed by atoms with E-state index < -0.39 is 17.6 Å². The fourth-order valence-electron chi connectivity index (χ4n) is 2.83. The predicted molar refractivity (Wildman–Crippen MR) is 105 cm³/mol. The molecule has 1 heterocycles. The van der Waals surface area contributed by atoms with E-state index in [1.54, 1.807) is 42.9 Å². The molecule has 2 aromatic carbocycles. The number of aromatic nitrogens is 2. The molecular formula is C21H18F3N3O2. The monoisotopic (exact) mass is 401 g/mol. The Morgan fingerprint density at radius 3 is 2.24 bits per heavy atom. The molecule has 1 amide bonds. The van der Waals surface area contributed by atoms with Gasteiger partial charge in [0.2, 0.25) is 5.91 Å². The van der Waals surface area contributed by atoms with Crippen molar-refractivity contribution in [2.45, 2.75) is 13.1 Å². The molecule has 0 fully saturated rings. The van der Waals surface area contributed by atoms with Crippen molar-refractivity contribution in [3.63, 3.8) is 0 Å². The van der Waals surface area contributed by atoms with Crippen molar-refractivity contribution in [1.29, 1.82) is 0 Å². The molecule has 8 heteroatoms. The number of hydrogen-bond donors (Lipinski definition) is 1. The molecule has 0 unspecified atom stereocenters. The van der Waals surface area contributed by atoms with E-state index in [0.29, 0.717) is 16.9 Å². The summed E-state index contributed by atoms with van der Waals surface area (Å²) in [5.41, 5.74) is 0.644. The second kappa shape index (κ2) is 7.83. The molecule has 3 aromatic rings. The second-order valence-corrected chi connectivity index (χ2v) is 6.38. The Morgan fingerprint density at radius 1 is 1.03 bits per heavy atom. The Balaban J connectivity index is 1.79. The zero-order chi connectivity index (χ0) is 21.2. The minimum atomic E-state index is -4.41. The maximum absolute atomic E-state index is 12.7. The summed E-state index contributed by atoms with van der Waals surface area (Å²) in [6.07, 6.45) is -1.87. The average Bonchev–Trinajstić information content (AvgIpc) is 2.90. The van der Waals surface area contributed by atoms with Gasteiger partial charge in [-0.1, -0.05) is 30.3 Å². The first-order valence-electron chi connectivity index (χ1n) is 8.69. The first-order valence-corrected chi connectivity index (χ1v) is 8.69. The Kier molecular flexibility index (Phi) is 5.45. The topological polar surface area (TPSA) is 56.0 Å². The Hall–Kier alpha value is -3.55. The van der Waals surface area contributed by atoms with Crippen LogP contribution in [0.5, 0.6) is 0 Å². The lowest BCUT2D eigenvalue weighted by Crippen LogP contribution is -2.22. The minimum Gasteiger partial charge on any atom is -0.316 e. The van der Waals surface area contributed by atoms with Gasteiger partial charge in [-0.3, -0.25) is 14.3 Å². The molecule has 5 nitrogen and oxygen atoms in total. The maximum Gasteiger partial charge on any atom is 0.416 e. The predicted octanol–water partition coefficient (Wildman–Crippen LogP) is 4.16. The smallest absolute Gasteiger partial charge is 0.316 e. The number of nitrogens with one attached hydrogen (secondary N) is 1. The first-order chi connectivity index (χ1) is 13.7. The number of anilines is 1. The molecule has 0 aliphatic rings. The number of alkyl halides is 3. The first kappa shape index (κ1) is 20.2. The van der Waals surface area contributed by atoms with Crippen LogP contribution in [-0.4, -0.2) is 15.3 Å². The van der Waals surface area contributed by atoms with Crippen LogP contribution in [-0.2, 0) is 18.0 Å². The van der Waals surface area contributed by atoms with Gasteiger partial charge in [-0.05, 0) is 42.8 Å². The molecule has 1 N–H and O–H groups in total. The number of halogens is 3. The van der Waals surface area contributed by atoms with Crippen LogP contribution in [0.2, 0.25) is 0 Å². The lowest BCUT2D eigenvalue weighted by atomic mass is 10.1. The maximum atomic E-state index is 12.7. The van der Waals surface area contributed by atoms with E-state index in [1.165, 1.54) is 29.0 Å². The molecule has 150 valence electrons. The van der Waals surface area contributed by atoms with Gasteiger partial charge in [0, 0.05) is 13.1 Å². The number of hydrogen-bond acceptors (Lipinski definition) is 2. The Bertz CT molecular complexity index is 1110. The van der Waals surface area contributed by atoms with E-state index in [2.05, 4.69) is 5.32 Å². The number of amides is 1. The van der Waals surface area contributed by atoms with Crippen molar-refractivity contribution in [2.75, 3.05) is 5.32 Å². The number of rotatable bonds is 4. The van der Waals surface area contributed by atoms with Crippen LogP contribution in [0.4, 0.5) is 18.9 Å². The van der Waals surface area contributed by atoms with E-state index in [-0.39, 0.29) is 11.2 Å². The highest BCUT2D eigenvalue weighted by molar-refractivity contribution is 6.02. The van der Waals surface area contributed by atoms with E-state index in [1.807, 2.05) is 6.07 Å². The van der Waals surface area contributed by atoms with Crippen molar-refractivity contribution in [3.05, 3.63) is 87.8 Å². The van der Waals surface area contributed by atoms with Crippen LogP contribution < -0.4 is 10.9 Å². The molecule has 0 aliphatic heterocycles. The molecule has 0 saturated carbocycles. The zero-order valence-electron chi connectivity index (χ0n) is 15.7. The standard InChI is InChI=1S/C21H18F3N3O2/c1-14-19(20(29)27(26(14)2)17-6-4-3-5-7-17)25-18(28)13-10-15-8-11-16(12-9-15)21(22,23)24/h3-13H,1-2H3,(H,25,28)/b13-10+. The summed E-state index contributed by atoms with van der Waals surface area (Å²) >= 11 is 0. The molecule has 3 rings (SSSR count). The molecule has 1 aromatic heterocycles. The summed E-state index contributed by atoms with van der Waals surface area (Å²) in [6, 6.07) is 13.4. The number of para-hydroxylation sites is 1. The van der Waals surface area contributed by atoms with Gasteiger partial charge < -0.3 is 5.32 Å². The lowest BCUT2D eigenvalue weighted by molar-refractivity contribution is -0.137. The summed E-state index contributed by atoms with van der Waals surface area (Å²) in [6.45, 7) is 1.70. The van der Waals surface area contributed by atoms with Gasteiger partial charge in [-0.2, -0.15) is 13.2 Å². The van der Waals surface area contributed by atoms with Gasteiger partial charge in [-0.15, -0.1) is 0 Å². The van der Waals surface area contributed by atoms with Gasteiger partial charge in [0.1, 0.15) is 5.69 Å². The number of benzene rings is 2. The fourth-order valence-corrected chi connectivity index (χ4v) is 2.83. The van der Waals surface area contributed by atoms with Gasteiger partial charge in [0.15, 0.2) is 0 Å². The van der Waals surface area contributed by atoms with Gasteiger partial charge in [0.05, 0.1) is 16.9 Å². The normalized spacial score (nSPS) is 11.8. The van der Waals surface area contributed by atoms with Crippen LogP contribution in [0.15, 0.2) is 65.5 Å². The van der Waals surface area contributed by atoms with E-state index in [0.717, 1.165) is 12.1 Å². The van der Waals surface area contributed by atoms with E-state index in [4.69, 9.17) is 0 Å². The SMILES string of the molecule is Cc1c(NC(=O)/C=C/c2ccc(C(F)(F)F)cc2)c(=O)n(-c2ccccc2)n1C. The fraction of sp³-hybridized carbons (Fsp3) is 0.143. The van der Waals surface area contributed by atoms with Crippen molar-refractivity contribution < 1.29 is 18.0 Å². The summed E-state index contributed by atoms with van der Waals surface area (Å²) in [5, 5.41) is 2.56. The summed E-state index contributed by atoms with van der Waals surface area (Å²) < 4.78 is 40.8. The van der Waals surface area contributed by atoms with Crippen LogP contribution in [0.3, 0.4) is 0 Å². The van der Waals surface area contributed by atoms with Gasteiger partial charge in [0.25, 0.3) is 5.56 Å².